The maximum absolute atomic E-state index is 13.7. The van der Waals surface area contributed by atoms with Crippen molar-refractivity contribution in [2.75, 3.05) is 11.9 Å². The van der Waals surface area contributed by atoms with E-state index in [0.717, 1.165) is 0 Å². The normalized spacial score (nSPS) is 11.5. The van der Waals surface area contributed by atoms with Crippen molar-refractivity contribution in [3.8, 4) is 22.8 Å². The monoisotopic (exact) mass is 383 g/mol. The molecule has 0 bridgehead atoms. The molecule has 0 spiro atoms. The van der Waals surface area contributed by atoms with Gasteiger partial charge in [-0.15, -0.1) is 0 Å². The Morgan fingerprint density at radius 1 is 1.25 bits per heavy atom. The van der Waals surface area contributed by atoms with Crippen molar-refractivity contribution >= 4 is 11.7 Å². The number of amides is 1. The van der Waals surface area contributed by atoms with E-state index in [1.807, 2.05) is 0 Å². The number of nitrogens with one attached hydrogen (secondary N) is 1. The van der Waals surface area contributed by atoms with Crippen molar-refractivity contribution in [1.82, 2.24) is 10.3 Å². The fourth-order valence-corrected chi connectivity index (χ4v) is 2.33. The van der Waals surface area contributed by atoms with Crippen molar-refractivity contribution < 1.29 is 23.3 Å². The number of benzene rings is 2. The lowest BCUT2D eigenvalue weighted by Gasteiger charge is -2.14. The average molecular weight is 383 g/mol. The van der Waals surface area contributed by atoms with Gasteiger partial charge in [0.15, 0.2) is 23.4 Å². The summed E-state index contributed by atoms with van der Waals surface area (Å²) in [6.45, 7) is 5.49. The average Bonchev–Trinajstić information content (AvgIpc) is 3.16. The topological polar surface area (TPSA) is 86.5 Å². The van der Waals surface area contributed by atoms with Gasteiger partial charge in [-0.2, -0.15) is 0 Å². The van der Waals surface area contributed by atoms with E-state index in [1.54, 1.807) is 36.4 Å². The van der Waals surface area contributed by atoms with Crippen molar-refractivity contribution in [3.63, 3.8) is 0 Å². The third-order valence-electron chi connectivity index (χ3n) is 3.74. The second-order valence-electron chi connectivity index (χ2n) is 5.77. The molecule has 3 aromatic rings. The molecule has 1 heterocycles. The van der Waals surface area contributed by atoms with E-state index < -0.39 is 17.8 Å². The van der Waals surface area contributed by atoms with Crippen molar-refractivity contribution in [2.24, 2.45) is 0 Å². The molecule has 0 saturated carbocycles. The molecule has 0 radical (unpaired) electrons. The van der Waals surface area contributed by atoms with Crippen LogP contribution < -0.4 is 14.8 Å². The second kappa shape index (κ2) is 8.81. The minimum atomic E-state index is -0.962. The predicted octanol–water partition coefficient (Wildman–Crippen LogP) is 3.85. The Bertz CT molecular complexity index is 956. The Hall–Kier alpha value is -3.68. The van der Waals surface area contributed by atoms with Gasteiger partial charge in [-0.25, -0.2) is 9.02 Å². The van der Waals surface area contributed by atoms with Gasteiger partial charge in [0.25, 0.3) is 5.91 Å². The lowest BCUT2D eigenvalue weighted by atomic mass is 10.1. The fourth-order valence-electron chi connectivity index (χ4n) is 2.33. The minimum Gasteiger partial charge on any atom is -0.490 e. The van der Waals surface area contributed by atoms with Gasteiger partial charge in [0.1, 0.15) is 12.4 Å². The van der Waals surface area contributed by atoms with Crippen LogP contribution in [-0.4, -0.2) is 28.9 Å². The van der Waals surface area contributed by atoms with E-state index in [4.69, 9.17) is 14.1 Å². The molecule has 1 N–H and O–H groups in total. The Labute approximate surface area is 160 Å². The number of hydrogen-bond acceptors (Lipinski definition) is 6. The van der Waals surface area contributed by atoms with Crippen LogP contribution in [-0.2, 0) is 4.79 Å². The van der Waals surface area contributed by atoms with Gasteiger partial charge in [0.2, 0.25) is 5.82 Å². The maximum atomic E-state index is 13.7. The molecule has 3 rings (SSSR count). The summed E-state index contributed by atoms with van der Waals surface area (Å²) in [5.41, 5.74) is 1.02. The third kappa shape index (κ3) is 4.53. The third-order valence-corrected chi connectivity index (χ3v) is 3.74. The number of rotatable bonds is 8. The largest absolute Gasteiger partial charge is 0.490 e. The summed E-state index contributed by atoms with van der Waals surface area (Å²) in [5.74, 6) is -0.291. The first-order valence-corrected chi connectivity index (χ1v) is 8.47. The zero-order valence-corrected chi connectivity index (χ0v) is 15.1. The molecule has 2 aromatic carbocycles. The van der Waals surface area contributed by atoms with E-state index >= 15 is 0 Å². The minimum absolute atomic E-state index is 0.0150. The lowest BCUT2D eigenvalue weighted by Crippen LogP contribution is -2.30. The van der Waals surface area contributed by atoms with Crippen LogP contribution >= 0.6 is 0 Å². The molecular formula is C20H18FN3O4. The van der Waals surface area contributed by atoms with Crippen molar-refractivity contribution in [1.29, 1.82) is 0 Å². The predicted molar refractivity (Wildman–Crippen MR) is 101 cm³/mol. The van der Waals surface area contributed by atoms with Crippen LogP contribution in [0.3, 0.4) is 0 Å². The fraction of sp³-hybridized carbons (Fsp3) is 0.150. The number of hydrogen-bond donors (Lipinski definition) is 1. The van der Waals surface area contributed by atoms with Gasteiger partial charge in [0.05, 0.1) is 0 Å². The number of nitrogens with zero attached hydrogens (tertiary/aromatic N) is 2. The molecule has 0 fully saturated rings. The van der Waals surface area contributed by atoms with E-state index in [2.05, 4.69) is 22.2 Å². The number of ether oxygens (including phenoxy) is 2. The Balaban J connectivity index is 1.68. The summed E-state index contributed by atoms with van der Waals surface area (Å²) in [6.07, 6.45) is 0.685. The van der Waals surface area contributed by atoms with Gasteiger partial charge >= 0.3 is 0 Å². The zero-order valence-electron chi connectivity index (χ0n) is 15.1. The first-order chi connectivity index (χ1) is 13.6. The molecule has 1 aromatic heterocycles. The van der Waals surface area contributed by atoms with Crippen LogP contribution in [0.5, 0.6) is 11.5 Å². The molecular weight excluding hydrogens is 365 g/mol. The van der Waals surface area contributed by atoms with Crippen LogP contribution in [0.2, 0.25) is 0 Å². The van der Waals surface area contributed by atoms with Gasteiger partial charge in [-0.3, -0.25) is 4.79 Å². The number of para-hydroxylation sites is 1. The molecule has 0 aliphatic heterocycles. The standard InChI is InChI=1S/C20H18FN3O4/c1-3-12-26-15-10-8-14(9-11-15)18-19(24-28-23-18)22-20(25)13(2)27-17-7-5-4-6-16(17)21/h3-11,13H,1,12H2,2H3,(H,22,24,25)/t13-/m0/s1. The van der Waals surface area contributed by atoms with Crippen molar-refractivity contribution in [3.05, 3.63) is 67.0 Å². The zero-order chi connectivity index (χ0) is 19.9. The molecule has 0 saturated heterocycles. The van der Waals surface area contributed by atoms with Gasteiger partial charge in [0, 0.05) is 5.56 Å². The Kier molecular flexibility index (Phi) is 6.01. The number of aromatic nitrogens is 2. The van der Waals surface area contributed by atoms with Crippen molar-refractivity contribution in [2.45, 2.75) is 13.0 Å². The summed E-state index contributed by atoms with van der Waals surface area (Å²) >= 11 is 0. The first-order valence-electron chi connectivity index (χ1n) is 8.47. The summed E-state index contributed by atoms with van der Waals surface area (Å²) in [7, 11) is 0. The van der Waals surface area contributed by atoms with Crippen LogP contribution in [0.4, 0.5) is 10.2 Å². The highest BCUT2D eigenvalue weighted by Gasteiger charge is 2.21. The Morgan fingerprint density at radius 2 is 2.00 bits per heavy atom. The molecule has 144 valence electrons. The maximum Gasteiger partial charge on any atom is 0.266 e. The van der Waals surface area contributed by atoms with Gasteiger partial charge in [-0.05, 0) is 53.6 Å². The van der Waals surface area contributed by atoms with E-state index in [-0.39, 0.29) is 11.6 Å². The summed E-state index contributed by atoms with van der Waals surface area (Å²) in [6, 6.07) is 12.9. The summed E-state index contributed by atoms with van der Waals surface area (Å²) in [5, 5.41) is 10.1. The molecule has 28 heavy (non-hydrogen) atoms. The highest BCUT2D eigenvalue weighted by atomic mass is 19.1. The number of anilines is 1. The molecule has 0 unspecified atom stereocenters. The van der Waals surface area contributed by atoms with Crippen LogP contribution in [0.15, 0.2) is 65.8 Å². The van der Waals surface area contributed by atoms with Gasteiger partial charge < -0.3 is 14.8 Å². The summed E-state index contributed by atoms with van der Waals surface area (Å²) in [4.78, 5) is 12.4. The molecule has 1 atom stereocenters. The van der Waals surface area contributed by atoms with E-state index in [9.17, 15) is 9.18 Å². The number of carbonyl (C=O) groups is 1. The smallest absolute Gasteiger partial charge is 0.266 e. The quantitative estimate of drug-likeness (QED) is 0.595. The first kappa shape index (κ1) is 19.1. The highest BCUT2D eigenvalue weighted by molar-refractivity contribution is 5.95. The van der Waals surface area contributed by atoms with E-state index in [1.165, 1.54) is 25.1 Å². The summed E-state index contributed by atoms with van der Waals surface area (Å²) < 4.78 is 29.2. The second-order valence-corrected chi connectivity index (χ2v) is 5.77. The molecule has 1 amide bonds. The molecule has 8 heteroatoms. The van der Waals surface area contributed by atoms with Crippen LogP contribution in [0.25, 0.3) is 11.3 Å². The SMILES string of the molecule is C=CCOc1ccc(-c2nonc2NC(=O)[C@H](C)Oc2ccccc2F)cc1. The molecule has 7 nitrogen and oxygen atoms in total. The highest BCUT2D eigenvalue weighted by Crippen LogP contribution is 2.26. The Morgan fingerprint density at radius 3 is 2.71 bits per heavy atom. The van der Waals surface area contributed by atoms with Crippen LogP contribution in [0.1, 0.15) is 6.92 Å². The van der Waals surface area contributed by atoms with Crippen LogP contribution in [0, 0.1) is 5.82 Å². The lowest BCUT2D eigenvalue weighted by molar-refractivity contribution is -0.122. The van der Waals surface area contributed by atoms with E-state index in [0.29, 0.717) is 23.6 Å². The number of halogens is 1. The number of carbonyl (C=O) groups excluding carboxylic acids is 1. The molecule has 0 aliphatic carbocycles. The van der Waals surface area contributed by atoms with Gasteiger partial charge in [-0.1, -0.05) is 24.8 Å². The molecule has 0 aliphatic rings.